The molecule has 0 unspecified atom stereocenters. The van der Waals surface area contributed by atoms with Gasteiger partial charge >= 0.3 is 5.97 Å². The molecule has 53 heavy (non-hydrogen) atoms. The molecule has 10 heteroatoms. The van der Waals surface area contributed by atoms with Crippen LogP contribution in [0.15, 0.2) is 78.9 Å². The minimum absolute atomic E-state index is 0.00932. The van der Waals surface area contributed by atoms with Gasteiger partial charge in [-0.15, -0.1) is 0 Å². The average Bonchev–Trinajstić information content (AvgIpc) is 3.18. The van der Waals surface area contributed by atoms with Gasteiger partial charge in [-0.2, -0.15) is 0 Å². The maximum absolute atomic E-state index is 12.9. The number of amides is 3. The zero-order valence-corrected chi connectivity index (χ0v) is 32.1. The summed E-state index contributed by atoms with van der Waals surface area (Å²) in [6, 6.07) is 26.2. The van der Waals surface area contributed by atoms with Crippen molar-refractivity contribution in [3.63, 3.8) is 0 Å². The van der Waals surface area contributed by atoms with E-state index in [1.165, 1.54) is 17.6 Å². The maximum Gasteiger partial charge on any atom is 0.310 e. The van der Waals surface area contributed by atoms with E-state index < -0.39 is 0 Å². The minimum atomic E-state index is -0.181. The van der Waals surface area contributed by atoms with Gasteiger partial charge in [0.15, 0.2) is 0 Å². The van der Waals surface area contributed by atoms with Crippen LogP contribution in [-0.4, -0.2) is 112 Å². The monoisotopic (exact) mass is 726 g/mol. The minimum Gasteiger partial charge on any atom is -0.462 e. The highest BCUT2D eigenvalue weighted by atomic mass is 16.5. The predicted octanol–water partition coefficient (Wildman–Crippen LogP) is 6.01. The predicted molar refractivity (Wildman–Crippen MR) is 210 cm³/mol. The molecule has 0 bridgehead atoms. The van der Waals surface area contributed by atoms with Gasteiger partial charge in [0.25, 0.3) is 0 Å². The number of likely N-dealkylation sites (N-methyl/N-ethyl adjacent to an activating group) is 2. The Labute approximate surface area is 316 Å². The molecule has 3 amide bonds. The van der Waals surface area contributed by atoms with Crippen LogP contribution in [0.3, 0.4) is 0 Å². The van der Waals surface area contributed by atoms with Gasteiger partial charge in [0, 0.05) is 79.5 Å². The molecule has 0 atom stereocenters. The van der Waals surface area contributed by atoms with Gasteiger partial charge in [-0.1, -0.05) is 79.6 Å². The molecule has 4 rings (SSSR count). The lowest BCUT2D eigenvalue weighted by molar-refractivity contribution is -0.150. The first-order valence-corrected chi connectivity index (χ1v) is 19.0. The molecule has 1 aliphatic rings. The lowest BCUT2D eigenvalue weighted by atomic mass is 9.98. The normalized spacial score (nSPS) is 13.4. The van der Waals surface area contributed by atoms with Gasteiger partial charge in [0.2, 0.25) is 17.7 Å². The molecule has 1 aliphatic heterocycles. The van der Waals surface area contributed by atoms with Gasteiger partial charge in [-0.05, 0) is 66.5 Å². The van der Waals surface area contributed by atoms with Gasteiger partial charge in [0.05, 0.1) is 6.42 Å². The number of hydrogen-bond donors (Lipinski definition) is 0. The van der Waals surface area contributed by atoms with E-state index in [4.69, 9.17) is 9.47 Å². The quantitative estimate of drug-likeness (QED) is 0.104. The van der Waals surface area contributed by atoms with E-state index >= 15 is 0 Å². The highest BCUT2D eigenvalue weighted by Gasteiger charge is 2.23. The third-order valence-electron chi connectivity index (χ3n) is 10.1. The zero-order chi connectivity index (χ0) is 38.0. The summed E-state index contributed by atoms with van der Waals surface area (Å²) in [4.78, 5) is 57.4. The van der Waals surface area contributed by atoms with Gasteiger partial charge < -0.3 is 29.1 Å². The second kappa shape index (κ2) is 21.9. The number of carbonyl (C=O) groups is 4. The van der Waals surface area contributed by atoms with Gasteiger partial charge in [-0.3, -0.25) is 19.2 Å². The number of unbranched alkanes of at least 4 members (excludes halogenated alkanes) is 3. The summed E-state index contributed by atoms with van der Waals surface area (Å²) in [7, 11) is 6.79. The Kier molecular flexibility index (Phi) is 17.0. The van der Waals surface area contributed by atoms with E-state index in [0.29, 0.717) is 19.5 Å². The lowest BCUT2D eigenvalue weighted by Crippen LogP contribution is -2.42. The summed E-state index contributed by atoms with van der Waals surface area (Å²) in [5, 5.41) is 0. The Bertz CT molecular complexity index is 1590. The number of piperidine rings is 1. The fourth-order valence-electron chi connectivity index (χ4n) is 6.59. The van der Waals surface area contributed by atoms with E-state index in [1.54, 1.807) is 19.0 Å². The Morgan fingerprint density at radius 2 is 1.38 bits per heavy atom. The fraction of sp³-hybridized carbons (Fsp3) is 0.488. The molecule has 0 spiro atoms. The van der Waals surface area contributed by atoms with Crippen LogP contribution in [0.5, 0.6) is 0 Å². The molecule has 3 aromatic carbocycles. The van der Waals surface area contributed by atoms with Crippen LogP contribution in [-0.2, 0) is 41.5 Å². The molecule has 1 fully saturated rings. The Balaban J connectivity index is 1.04. The van der Waals surface area contributed by atoms with Crippen molar-refractivity contribution in [1.82, 2.24) is 14.7 Å². The van der Waals surface area contributed by atoms with Gasteiger partial charge in [0.1, 0.15) is 12.7 Å². The van der Waals surface area contributed by atoms with Crippen molar-refractivity contribution in [1.29, 1.82) is 0 Å². The Morgan fingerprint density at radius 1 is 0.717 bits per heavy atom. The summed E-state index contributed by atoms with van der Waals surface area (Å²) in [6.45, 7) is 3.59. The molecule has 286 valence electrons. The van der Waals surface area contributed by atoms with Crippen molar-refractivity contribution in [2.24, 2.45) is 0 Å². The number of nitrogens with zero attached hydrogens (tertiary/aromatic N) is 4. The van der Waals surface area contributed by atoms with Crippen LogP contribution >= 0.6 is 0 Å². The number of methoxy groups -OCH3 is 1. The molecule has 0 aliphatic carbocycles. The molecule has 0 radical (unpaired) electrons. The molecule has 1 heterocycles. The fourth-order valence-corrected chi connectivity index (χ4v) is 6.59. The number of anilines is 1. The first-order valence-electron chi connectivity index (χ1n) is 19.0. The largest absolute Gasteiger partial charge is 0.462 e. The standard InChI is InChI=1S/C43H58N4O6/c1-44(42(50)33-52-4)27-26-41(49)46(3)37-22-20-34(21-23-37)14-8-5-6-11-19-40(48)45(2)30-31-47-28-24-38(25-29-47)53-43(51)32-36-17-12-13-18-39(36)35-15-9-7-10-16-35/h7,9-10,12-13,15-18,20-23,38H,5-6,8,11,14,19,24-33H2,1-4H3. The first-order chi connectivity index (χ1) is 25.6. The number of benzene rings is 3. The maximum atomic E-state index is 12.9. The summed E-state index contributed by atoms with van der Waals surface area (Å²) in [5.41, 5.74) is 5.19. The number of aryl methyl sites for hydroxylation is 1. The first kappa shape index (κ1) is 41.2. The number of esters is 1. The summed E-state index contributed by atoms with van der Waals surface area (Å²) in [6.07, 6.45) is 7.58. The van der Waals surface area contributed by atoms with Crippen molar-refractivity contribution < 1.29 is 28.7 Å². The molecular formula is C43H58N4O6. The molecule has 0 saturated carbocycles. The number of likely N-dealkylation sites (tertiary alicyclic amines) is 1. The van der Waals surface area contributed by atoms with Crippen molar-refractivity contribution in [2.75, 3.05) is 72.5 Å². The van der Waals surface area contributed by atoms with Crippen LogP contribution in [0.1, 0.15) is 62.5 Å². The highest BCUT2D eigenvalue weighted by molar-refractivity contribution is 5.93. The molecule has 0 aromatic heterocycles. The van der Waals surface area contributed by atoms with E-state index in [2.05, 4.69) is 35.2 Å². The second-order valence-electron chi connectivity index (χ2n) is 14.1. The van der Waals surface area contributed by atoms with Crippen LogP contribution in [0, 0.1) is 0 Å². The van der Waals surface area contributed by atoms with E-state index in [1.807, 2.05) is 60.5 Å². The zero-order valence-electron chi connectivity index (χ0n) is 32.1. The van der Waals surface area contributed by atoms with E-state index in [0.717, 1.165) is 87.0 Å². The molecule has 10 nitrogen and oxygen atoms in total. The number of rotatable bonds is 20. The number of carbonyl (C=O) groups excluding carboxylic acids is 4. The van der Waals surface area contributed by atoms with Crippen molar-refractivity contribution in [3.8, 4) is 11.1 Å². The topological polar surface area (TPSA) is 99.7 Å². The SMILES string of the molecule is COCC(=O)N(C)CCC(=O)N(C)c1ccc(CCCCCCC(=O)N(C)CCN2CCC(OC(=O)Cc3ccccc3-c3ccccc3)CC2)cc1. The summed E-state index contributed by atoms with van der Waals surface area (Å²) >= 11 is 0. The number of hydrogen-bond acceptors (Lipinski definition) is 7. The molecule has 1 saturated heterocycles. The smallest absolute Gasteiger partial charge is 0.310 e. The Hall–Kier alpha value is -4.54. The van der Waals surface area contributed by atoms with E-state index in [9.17, 15) is 19.2 Å². The lowest BCUT2D eigenvalue weighted by Gasteiger charge is -2.32. The highest BCUT2D eigenvalue weighted by Crippen LogP contribution is 2.25. The molecule has 3 aromatic rings. The second-order valence-corrected chi connectivity index (χ2v) is 14.1. The number of ether oxygens (including phenoxy) is 2. The van der Waals surface area contributed by atoms with E-state index in [-0.39, 0.29) is 49.2 Å². The van der Waals surface area contributed by atoms with Gasteiger partial charge in [-0.25, -0.2) is 0 Å². The van der Waals surface area contributed by atoms with Crippen LogP contribution in [0.25, 0.3) is 11.1 Å². The van der Waals surface area contributed by atoms with Crippen LogP contribution in [0.2, 0.25) is 0 Å². The third kappa shape index (κ3) is 13.7. The van der Waals surface area contributed by atoms with Crippen molar-refractivity contribution in [2.45, 2.75) is 70.3 Å². The molecular weight excluding hydrogens is 668 g/mol. The molecule has 0 N–H and O–H groups in total. The van der Waals surface area contributed by atoms with Crippen LogP contribution in [0.4, 0.5) is 5.69 Å². The van der Waals surface area contributed by atoms with Crippen molar-refractivity contribution in [3.05, 3.63) is 90.0 Å². The van der Waals surface area contributed by atoms with Crippen molar-refractivity contribution >= 4 is 29.4 Å². The summed E-state index contributed by atoms with van der Waals surface area (Å²) < 4.78 is 10.8. The average molecular weight is 727 g/mol. The summed E-state index contributed by atoms with van der Waals surface area (Å²) in [5.74, 6) is -0.190. The van der Waals surface area contributed by atoms with Crippen LogP contribution < -0.4 is 4.90 Å². The third-order valence-corrected chi connectivity index (χ3v) is 10.1. The Morgan fingerprint density at radius 3 is 2.09 bits per heavy atom.